The first-order valence-electron chi connectivity index (χ1n) is 10.4. The number of piperidine rings is 1. The maximum Gasteiger partial charge on any atom is 0.330 e. The predicted octanol–water partition coefficient (Wildman–Crippen LogP) is 4.25. The molecule has 158 valence electrons. The fourth-order valence-electron chi connectivity index (χ4n) is 3.82. The van der Waals surface area contributed by atoms with E-state index >= 15 is 0 Å². The van der Waals surface area contributed by atoms with E-state index in [4.69, 9.17) is 9.47 Å². The van der Waals surface area contributed by atoms with E-state index in [1.54, 1.807) is 20.1 Å². The standard InChI is InChI=1S/C25H29NO4/c1-3-30-25(28)14-11-21-10-12-23(29-2)16-22(21)15-20-9-13-24(27)26(18-20)17-19-7-5-4-6-8-19/h4-8,10-12,14,16,20H,3,9,13,15,17-18H2,1-2H3/b14-11+. The molecule has 5 nitrogen and oxygen atoms in total. The largest absolute Gasteiger partial charge is 0.497 e. The lowest BCUT2D eigenvalue weighted by atomic mass is 9.88. The first-order valence-corrected chi connectivity index (χ1v) is 10.4. The number of benzene rings is 2. The second-order valence-electron chi connectivity index (χ2n) is 7.52. The number of ether oxygens (including phenoxy) is 2. The topological polar surface area (TPSA) is 55.8 Å². The van der Waals surface area contributed by atoms with Gasteiger partial charge >= 0.3 is 5.97 Å². The van der Waals surface area contributed by atoms with Crippen molar-refractivity contribution in [1.29, 1.82) is 0 Å². The van der Waals surface area contributed by atoms with E-state index in [1.807, 2.05) is 41.3 Å². The molecule has 1 aliphatic rings. The molecular weight excluding hydrogens is 378 g/mol. The Bertz CT molecular complexity index is 891. The predicted molar refractivity (Wildman–Crippen MR) is 117 cm³/mol. The number of carbonyl (C=O) groups is 2. The van der Waals surface area contributed by atoms with Crippen molar-refractivity contribution in [3.63, 3.8) is 0 Å². The molecule has 0 aromatic heterocycles. The van der Waals surface area contributed by atoms with Gasteiger partial charge in [0.25, 0.3) is 0 Å². The van der Waals surface area contributed by atoms with Crippen LogP contribution in [0.3, 0.4) is 0 Å². The summed E-state index contributed by atoms with van der Waals surface area (Å²) < 4.78 is 10.4. The van der Waals surface area contributed by atoms with Crippen molar-refractivity contribution < 1.29 is 19.1 Å². The zero-order valence-electron chi connectivity index (χ0n) is 17.7. The summed E-state index contributed by atoms with van der Waals surface area (Å²) in [4.78, 5) is 26.1. The summed E-state index contributed by atoms with van der Waals surface area (Å²) in [5.74, 6) is 0.999. The highest BCUT2D eigenvalue weighted by Gasteiger charge is 2.26. The van der Waals surface area contributed by atoms with Crippen molar-refractivity contribution in [3.05, 3.63) is 71.3 Å². The average Bonchev–Trinajstić information content (AvgIpc) is 2.76. The molecule has 0 bridgehead atoms. The number of esters is 1. The Morgan fingerprint density at radius 3 is 2.73 bits per heavy atom. The van der Waals surface area contributed by atoms with Crippen molar-refractivity contribution in [2.24, 2.45) is 5.92 Å². The summed E-state index contributed by atoms with van der Waals surface area (Å²) in [5, 5.41) is 0. The molecule has 0 saturated carbocycles. The van der Waals surface area contributed by atoms with Gasteiger partial charge in [-0.15, -0.1) is 0 Å². The molecule has 1 heterocycles. The van der Waals surface area contributed by atoms with E-state index in [1.165, 1.54) is 6.08 Å². The van der Waals surface area contributed by atoms with Crippen LogP contribution < -0.4 is 4.74 Å². The fraction of sp³-hybridized carbons (Fsp3) is 0.360. The number of methoxy groups -OCH3 is 1. The lowest BCUT2D eigenvalue weighted by Crippen LogP contribution is -2.40. The van der Waals surface area contributed by atoms with Crippen molar-refractivity contribution in [2.75, 3.05) is 20.3 Å². The highest BCUT2D eigenvalue weighted by molar-refractivity contribution is 5.87. The van der Waals surface area contributed by atoms with Crippen LogP contribution in [0, 0.1) is 5.92 Å². The molecule has 0 N–H and O–H groups in total. The van der Waals surface area contributed by atoms with Gasteiger partial charge in [-0.2, -0.15) is 0 Å². The maximum absolute atomic E-state index is 12.4. The van der Waals surface area contributed by atoms with Crippen LogP contribution in [0.2, 0.25) is 0 Å². The minimum absolute atomic E-state index is 0.211. The van der Waals surface area contributed by atoms with Crippen LogP contribution >= 0.6 is 0 Å². The Hall–Kier alpha value is -3.08. The smallest absolute Gasteiger partial charge is 0.330 e. The van der Waals surface area contributed by atoms with Crippen LogP contribution in [0.15, 0.2) is 54.6 Å². The van der Waals surface area contributed by atoms with Crippen molar-refractivity contribution >= 4 is 18.0 Å². The lowest BCUT2D eigenvalue weighted by molar-refractivity contribution is -0.137. The van der Waals surface area contributed by atoms with Crippen molar-refractivity contribution in [1.82, 2.24) is 4.90 Å². The number of rotatable bonds is 8. The summed E-state index contributed by atoms with van der Waals surface area (Å²) in [6, 6.07) is 16.0. The van der Waals surface area contributed by atoms with Gasteiger partial charge in [-0.05, 0) is 60.6 Å². The van der Waals surface area contributed by atoms with Gasteiger partial charge < -0.3 is 14.4 Å². The summed E-state index contributed by atoms with van der Waals surface area (Å²) in [7, 11) is 1.65. The van der Waals surface area contributed by atoms with Crippen LogP contribution in [0.4, 0.5) is 0 Å². The number of hydrogen-bond donors (Lipinski definition) is 0. The Morgan fingerprint density at radius 2 is 2.00 bits per heavy atom. The fourth-order valence-corrected chi connectivity index (χ4v) is 3.82. The first-order chi connectivity index (χ1) is 14.6. The molecular formula is C25H29NO4. The minimum atomic E-state index is -0.350. The Labute approximate surface area is 178 Å². The van der Waals surface area contributed by atoms with Crippen LogP contribution in [-0.2, 0) is 27.3 Å². The highest BCUT2D eigenvalue weighted by atomic mass is 16.5. The van der Waals surface area contributed by atoms with E-state index in [9.17, 15) is 9.59 Å². The van der Waals surface area contributed by atoms with E-state index in [-0.39, 0.29) is 11.9 Å². The van der Waals surface area contributed by atoms with Gasteiger partial charge in [0, 0.05) is 25.6 Å². The lowest BCUT2D eigenvalue weighted by Gasteiger charge is -2.33. The first kappa shape index (κ1) is 21.6. The number of amides is 1. The maximum atomic E-state index is 12.4. The summed E-state index contributed by atoms with van der Waals surface area (Å²) in [6.45, 7) is 3.51. The highest BCUT2D eigenvalue weighted by Crippen LogP contribution is 2.27. The van der Waals surface area contributed by atoms with Gasteiger partial charge in [-0.3, -0.25) is 4.79 Å². The zero-order valence-corrected chi connectivity index (χ0v) is 17.7. The van der Waals surface area contributed by atoms with E-state index in [0.29, 0.717) is 25.5 Å². The molecule has 1 amide bonds. The van der Waals surface area contributed by atoms with Crippen LogP contribution in [0.25, 0.3) is 6.08 Å². The second kappa shape index (κ2) is 10.6. The quantitative estimate of drug-likeness (QED) is 0.485. The summed E-state index contributed by atoms with van der Waals surface area (Å²) in [6.07, 6.45) is 5.50. The van der Waals surface area contributed by atoms with Crippen molar-refractivity contribution in [3.8, 4) is 5.75 Å². The SMILES string of the molecule is CCOC(=O)/C=C/c1ccc(OC)cc1CC1CCC(=O)N(Cc2ccccc2)C1. The third-order valence-electron chi connectivity index (χ3n) is 5.36. The second-order valence-corrected chi connectivity index (χ2v) is 7.52. The van der Waals surface area contributed by atoms with E-state index in [2.05, 4.69) is 12.1 Å². The number of carbonyl (C=O) groups excluding carboxylic acids is 2. The van der Waals surface area contributed by atoms with E-state index in [0.717, 1.165) is 41.8 Å². The molecule has 0 spiro atoms. The molecule has 1 unspecified atom stereocenters. The number of hydrogen-bond acceptors (Lipinski definition) is 4. The van der Waals surface area contributed by atoms with E-state index < -0.39 is 0 Å². The Kier molecular flexibility index (Phi) is 7.66. The third kappa shape index (κ3) is 5.96. The summed E-state index contributed by atoms with van der Waals surface area (Å²) >= 11 is 0. The molecule has 2 aromatic rings. The van der Waals surface area contributed by atoms with Gasteiger partial charge in [0.05, 0.1) is 13.7 Å². The van der Waals surface area contributed by atoms with Gasteiger partial charge in [0.2, 0.25) is 5.91 Å². The zero-order chi connectivity index (χ0) is 21.3. The number of nitrogens with zero attached hydrogens (tertiary/aromatic N) is 1. The van der Waals surface area contributed by atoms with Gasteiger partial charge in [-0.25, -0.2) is 4.79 Å². The van der Waals surface area contributed by atoms with Gasteiger partial charge in [0.15, 0.2) is 0 Å². The average molecular weight is 408 g/mol. The normalized spacial score (nSPS) is 16.7. The van der Waals surface area contributed by atoms with Gasteiger partial charge in [0.1, 0.15) is 5.75 Å². The summed E-state index contributed by atoms with van der Waals surface area (Å²) in [5.41, 5.74) is 3.22. The monoisotopic (exact) mass is 407 g/mol. The molecule has 1 aliphatic heterocycles. The molecule has 30 heavy (non-hydrogen) atoms. The molecule has 5 heteroatoms. The van der Waals surface area contributed by atoms with Crippen LogP contribution in [0.5, 0.6) is 5.75 Å². The molecule has 1 fully saturated rings. The van der Waals surface area contributed by atoms with Crippen molar-refractivity contribution in [2.45, 2.75) is 32.7 Å². The van der Waals surface area contributed by atoms with Gasteiger partial charge in [-0.1, -0.05) is 36.4 Å². The minimum Gasteiger partial charge on any atom is -0.497 e. The Morgan fingerprint density at radius 1 is 1.20 bits per heavy atom. The molecule has 1 saturated heterocycles. The number of likely N-dealkylation sites (tertiary alicyclic amines) is 1. The van der Waals surface area contributed by atoms with Crippen LogP contribution in [0.1, 0.15) is 36.5 Å². The molecule has 3 rings (SSSR count). The molecule has 0 radical (unpaired) electrons. The Balaban J connectivity index is 1.73. The molecule has 1 atom stereocenters. The molecule has 2 aromatic carbocycles. The molecule has 0 aliphatic carbocycles. The third-order valence-corrected chi connectivity index (χ3v) is 5.36. The van der Waals surface area contributed by atoms with Crippen LogP contribution in [-0.4, -0.2) is 37.0 Å².